The van der Waals surface area contributed by atoms with Crippen LogP contribution in [0.3, 0.4) is 0 Å². The van der Waals surface area contributed by atoms with Gasteiger partial charge in [0.1, 0.15) is 12.7 Å². The second-order valence-corrected chi connectivity index (χ2v) is 7.41. The monoisotopic (exact) mass is 404 g/mol. The van der Waals surface area contributed by atoms with Crippen LogP contribution in [-0.4, -0.2) is 38.1 Å². The molecule has 0 bridgehead atoms. The van der Waals surface area contributed by atoms with E-state index in [0.717, 1.165) is 44.9 Å². The summed E-state index contributed by atoms with van der Waals surface area (Å²) in [5.41, 5.74) is 3.29. The zero-order valence-corrected chi connectivity index (χ0v) is 19.8. The number of carboxylic acids is 1. The van der Waals surface area contributed by atoms with Crippen molar-refractivity contribution in [2.75, 3.05) is 5.43 Å². The van der Waals surface area contributed by atoms with Crippen LogP contribution >= 0.6 is 0 Å². The third kappa shape index (κ3) is 14.4. The Bertz CT molecular complexity index is 474. The maximum atomic E-state index is 10.6. The van der Waals surface area contributed by atoms with Gasteiger partial charge in [0.25, 0.3) is 0 Å². The van der Waals surface area contributed by atoms with Crippen LogP contribution in [0, 0.1) is 0 Å². The summed E-state index contributed by atoms with van der Waals surface area (Å²) in [5, 5.41) is 28.6. The summed E-state index contributed by atoms with van der Waals surface area (Å²) in [5.74, 6) is -0.967. The van der Waals surface area contributed by atoms with Gasteiger partial charge in [0, 0.05) is 5.97 Å². The fourth-order valence-corrected chi connectivity index (χ4v) is 3.30. The molecule has 1 heterocycles. The van der Waals surface area contributed by atoms with Crippen molar-refractivity contribution in [3.63, 3.8) is 0 Å². The number of carbonyl (C=O) groups is 1. The van der Waals surface area contributed by atoms with Crippen molar-refractivity contribution in [2.45, 2.75) is 109 Å². The van der Waals surface area contributed by atoms with Crippen LogP contribution in [0.1, 0.15) is 96.8 Å². The number of carboxylic acid groups (broad SMARTS) is 1. The van der Waals surface area contributed by atoms with Crippen LogP contribution < -0.4 is 40.1 Å². The topological polar surface area (TPSA) is 103 Å². The molecule has 0 fully saturated rings. The number of hydrogen-bond acceptors (Lipinski definition) is 6. The number of unbranched alkanes of at least 4 members (excludes halogenated alkanes) is 9. The Morgan fingerprint density at radius 2 is 1.50 bits per heavy atom. The summed E-state index contributed by atoms with van der Waals surface area (Å²) in [6.07, 6.45) is 16.6. The largest absolute Gasteiger partial charge is 1.00 e. The number of hydrogen-bond donors (Lipinski definition) is 2. The van der Waals surface area contributed by atoms with Gasteiger partial charge in [-0.3, -0.25) is 0 Å². The number of aromatic nitrogens is 3. The molecule has 1 rings (SSSR count). The third-order valence-corrected chi connectivity index (χ3v) is 4.95. The molecular weight excluding hydrogens is 367 g/mol. The van der Waals surface area contributed by atoms with E-state index in [-0.39, 0.29) is 42.0 Å². The second-order valence-electron chi connectivity index (χ2n) is 7.41. The fraction of sp³-hybridized carbons (Fsp3) is 0.850. The molecule has 0 aromatic carbocycles. The van der Waals surface area contributed by atoms with Gasteiger partial charge < -0.3 is 20.4 Å². The van der Waals surface area contributed by atoms with E-state index < -0.39 is 12.1 Å². The molecule has 1 aromatic rings. The second kappa shape index (κ2) is 18.4. The van der Waals surface area contributed by atoms with Crippen molar-refractivity contribution >= 4 is 5.97 Å². The van der Waals surface area contributed by atoms with Crippen LogP contribution in [0.15, 0.2) is 12.7 Å². The van der Waals surface area contributed by atoms with Crippen LogP contribution in [-0.2, 0) is 4.79 Å². The van der Waals surface area contributed by atoms with Gasteiger partial charge in [-0.15, -0.1) is 10.2 Å². The molecule has 0 spiro atoms. The van der Waals surface area contributed by atoms with Gasteiger partial charge in [-0.05, 0) is 25.7 Å². The Kier molecular flexibility index (Phi) is 18.0. The van der Waals surface area contributed by atoms with Crippen molar-refractivity contribution in [3.05, 3.63) is 12.7 Å². The number of nitrogens with one attached hydrogen (secondary N) is 1. The van der Waals surface area contributed by atoms with E-state index in [1.54, 1.807) is 17.3 Å². The summed E-state index contributed by atoms with van der Waals surface area (Å²) < 4.78 is 1.70. The molecule has 8 heteroatoms. The Morgan fingerprint density at radius 1 is 0.964 bits per heavy atom. The maximum Gasteiger partial charge on any atom is 1.00 e. The molecule has 2 unspecified atom stereocenters. The van der Waals surface area contributed by atoms with E-state index in [2.05, 4.69) is 22.5 Å². The maximum absolute atomic E-state index is 10.6. The first kappa shape index (κ1) is 27.4. The summed E-state index contributed by atoms with van der Waals surface area (Å²) in [6.45, 7) is 2.22. The predicted molar refractivity (Wildman–Crippen MR) is 104 cm³/mol. The number of carbonyl (C=O) groups excluding carboxylic acids is 1. The van der Waals surface area contributed by atoms with Gasteiger partial charge in [-0.1, -0.05) is 71.1 Å². The fourth-order valence-electron chi connectivity index (χ4n) is 3.30. The third-order valence-electron chi connectivity index (χ3n) is 4.95. The molecule has 1 aromatic heterocycles. The molecule has 2 atom stereocenters. The first-order valence-corrected chi connectivity index (χ1v) is 10.6. The van der Waals surface area contributed by atoms with Crippen molar-refractivity contribution in [1.82, 2.24) is 14.9 Å². The quantitative estimate of drug-likeness (QED) is 0.259. The predicted octanol–water partition coefficient (Wildman–Crippen LogP) is -0.214. The molecular formula is C20H37N4NaO3. The molecule has 28 heavy (non-hydrogen) atoms. The minimum atomic E-state index is -0.967. The molecule has 0 aliphatic rings. The number of aliphatic hydroxyl groups excluding tert-OH is 1. The van der Waals surface area contributed by atoms with Crippen molar-refractivity contribution in [1.29, 1.82) is 0 Å². The van der Waals surface area contributed by atoms with Crippen molar-refractivity contribution < 1.29 is 44.6 Å². The molecule has 0 saturated carbocycles. The molecule has 0 aliphatic carbocycles. The Labute approximate surface area is 192 Å². The van der Waals surface area contributed by atoms with Crippen LogP contribution in [0.2, 0.25) is 0 Å². The van der Waals surface area contributed by atoms with Gasteiger partial charge in [-0.2, -0.15) is 0 Å². The molecule has 0 saturated heterocycles. The van der Waals surface area contributed by atoms with Crippen LogP contribution in [0.5, 0.6) is 0 Å². The average molecular weight is 405 g/mol. The van der Waals surface area contributed by atoms with E-state index in [1.165, 1.54) is 32.1 Å². The van der Waals surface area contributed by atoms with Gasteiger partial charge in [0.05, 0.1) is 12.1 Å². The molecule has 0 radical (unpaired) electrons. The molecule has 2 N–H and O–H groups in total. The van der Waals surface area contributed by atoms with E-state index in [9.17, 15) is 15.0 Å². The zero-order chi connectivity index (χ0) is 19.7. The molecule has 156 valence electrons. The van der Waals surface area contributed by atoms with Gasteiger partial charge in [0.15, 0.2) is 0 Å². The summed E-state index contributed by atoms with van der Waals surface area (Å²) in [6, 6.07) is -0.0279. The van der Waals surface area contributed by atoms with Crippen molar-refractivity contribution in [2.24, 2.45) is 0 Å². The van der Waals surface area contributed by atoms with Crippen LogP contribution in [0.4, 0.5) is 0 Å². The smallest absolute Gasteiger partial charge is 0.550 e. The van der Waals surface area contributed by atoms with Gasteiger partial charge >= 0.3 is 29.6 Å². The molecule has 7 nitrogen and oxygen atoms in total. The summed E-state index contributed by atoms with van der Waals surface area (Å²) in [7, 11) is 0. The van der Waals surface area contributed by atoms with Crippen molar-refractivity contribution in [3.8, 4) is 0 Å². The van der Waals surface area contributed by atoms with E-state index in [4.69, 9.17) is 0 Å². The normalized spacial score (nSPS) is 12.9. The standard InChI is InChI=1S/C20H38N4O3.Na/c1-2-3-4-5-8-11-14-19(25)18(23-24-16-21-22-17-24)13-10-7-6-9-12-15-20(26)27;/h16-19,23,25H,2-15H2,1H3,(H,26,27);/q;+1/p-1. The molecule has 0 amide bonds. The summed E-state index contributed by atoms with van der Waals surface area (Å²) in [4.78, 5) is 10.4. The SMILES string of the molecule is CCCCCCCCC(O)C(CCCCCCCC(=O)[O-])Nn1cnnc1.[Na+]. The Hall–Kier alpha value is -0.630. The Balaban J connectivity index is 0.00000729. The first-order chi connectivity index (χ1) is 13.1. The number of aliphatic carboxylic acids is 1. The van der Waals surface area contributed by atoms with E-state index >= 15 is 0 Å². The Morgan fingerprint density at radius 3 is 2.11 bits per heavy atom. The number of rotatable bonds is 18. The minimum Gasteiger partial charge on any atom is -0.550 e. The first-order valence-electron chi connectivity index (χ1n) is 10.6. The van der Waals surface area contributed by atoms with Gasteiger partial charge in [0.2, 0.25) is 0 Å². The molecule has 0 aliphatic heterocycles. The zero-order valence-electron chi connectivity index (χ0n) is 17.8. The van der Waals surface area contributed by atoms with E-state index in [1.807, 2.05) is 0 Å². The minimum absolute atomic E-state index is 0. The average Bonchev–Trinajstić information content (AvgIpc) is 3.15. The summed E-state index contributed by atoms with van der Waals surface area (Å²) >= 11 is 0. The van der Waals surface area contributed by atoms with Gasteiger partial charge in [-0.25, -0.2) is 4.68 Å². The van der Waals surface area contributed by atoms with E-state index in [0.29, 0.717) is 6.42 Å². The number of aliphatic hydroxyl groups is 1. The number of nitrogens with zero attached hydrogens (tertiary/aromatic N) is 3. The van der Waals surface area contributed by atoms with Crippen LogP contribution in [0.25, 0.3) is 0 Å².